The molecular formula is C17H17N3O3S. The van der Waals surface area contributed by atoms with Crippen molar-refractivity contribution in [2.24, 2.45) is 5.73 Å². The number of nitrogens with zero attached hydrogens (tertiary/aromatic N) is 2. The molecule has 0 aliphatic carbocycles. The summed E-state index contributed by atoms with van der Waals surface area (Å²) in [5.74, 6) is 0.133. The lowest BCUT2D eigenvalue weighted by Gasteiger charge is -2.11. The van der Waals surface area contributed by atoms with Crippen LogP contribution in [-0.4, -0.2) is 22.6 Å². The highest BCUT2D eigenvalue weighted by Crippen LogP contribution is 2.36. The fraction of sp³-hybridized carbons (Fsp3) is 0.235. The van der Waals surface area contributed by atoms with Crippen molar-refractivity contribution in [3.05, 3.63) is 45.8 Å². The van der Waals surface area contributed by atoms with Crippen molar-refractivity contribution in [3.63, 3.8) is 0 Å². The van der Waals surface area contributed by atoms with E-state index >= 15 is 0 Å². The first kappa shape index (κ1) is 16.2. The Balaban J connectivity index is 2.32. The molecule has 1 unspecified atom stereocenters. The molecule has 0 aliphatic heterocycles. The van der Waals surface area contributed by atoms with Crippen molar-refractivity contribution < 1.29 is 9.53 Å². The number of hydrogen-bond donors (Lipinski definition) is 1. The fourth-order valence-electron chi connectivity index (χ4n) is 2.65. The number of benzene rings is 1. The Bertz CT molecular complexity index is 990. The van der Waals surface area contributed by atoms with Gasteiger partial charge in [0.05, 0.1) is 18.8 Å². The molecule has 0 bridgehead atoms. The molecule has 24 heavy (non-hydrogen) atoms. The minimum absolute atomic E-state index is 0.270. The Morgan fingerprint density at radius 3 is 2.83 bits per heavy atom. The largest absolute Gasteiger partial charge is 0.497 e. The fourth-order valence-corrected chi connectivity index (χ4v) is 3.66. The Hall–Kier alpha value is -2.67. The van der Waals surface area contributed by atoms with E-state index in [4.69, 9.17) is 10.5 Å². The Kier molecular flexibility index (Phi) is 4.11. The average Bonchev–Trinajstić information content (AvgIpc) is 2.91. The molecule has 0 radical (unpaired) electrons. The SMILES string of the molecule is COc1cccc(-c2c(C)sc3ncn(C(C)C(N)=O)c(=O)c23)c1. The van der Waals surface area contributed by atoms with Crippen LogP contribution in [0.25, 0.3) is 21.3 Å². The van der Waals surface area contributed by atoms with E-state index in [0.717, 1.165) is 16.0 Å². The summed E-state index contributed by atoms with van der Waals surface area (Å²) in [7, 11) is 1.60. The van der Waals surface area contributed by atoms with Crippen LogP contribution in [0.15, 0.2) is 35.4 Å². The number of fused-ring (bicyclic) bond motifs is 1. The first-order chi connectivity index (χ1) is 11.4. The van der Waals surface area contributed by atoms with E-state index in [9.17, 15) is 9.59 Å². The summed E-state index contributed by atoms with van der Waals surface area (Å²) in [4.78, 5) is 30.3. The van der Waals surface area contributed by atoms with Crippen molar-refractivity contribution in [2.45, 2.75) is 19.9 Å². The second kappa shape index (κ2) is 6.09. The van der Waals surface area contributed by atoms with Crippen LogP contribution in [0.5, 0.6) is 5.75 Å². The van der Waals surface area contributed by atoms with Gasteiger partial charge in [-0.3, -0.25) is 14.2 Å². The highest BCUT2D eigenvalue weighted by atomic mass is 32.1. The maximum Gasteiger partial charge on any atom is 0.263 e. The predicted molar refractivity (Wildman–Crippen MR) is 94.5 cm³/mol. The van der Waals surface area contributed by atoms with Crippen molar-refractivity contribution >= 4 is 27.5 Å². The van der Waals surface area contributed by atoms with Gasteiger partial charge in [-0.05, 0) is 31.5 Å². The number of rotatable bonds is 4. The lowest BCUT2D eigenvalue weighted by molar-refractivity contribution is -0.120. The first-order valence-corrected chi connectivity index (χ1v) is 8.19. The van der Waals surface area contributed by atoms with E-state index in [1.54, 1.807) is 14.0 Å². The Morgan fingerprint density at radius 2 is 2.17 bits per heavy atom. The quantitative estimate of drug-likeness (QED) is 0.788. The summed E-state index contributed by atoms with van der Waals surface area (Å²) in [6.07, 6.45) is 1.38. The zero-order valence-electron chi connectivity index (χ0n) is 13.6. The molecule has 0 saturated carbocycles. The van der Waals surface area contributed by atoms with Crippen molar-refractivity contribution in [2.75, 3.05) is 7.11 Å². The van der Waals surface area contributed by atoms with Crippen molar-refractivity contribution in [1.29, 1.82) is 0 Å². The molecule has 1 aromatic carbocycles. The third kappa shape index (κ3) is 2.56. The molecule has 6 nitrogen and oxygen atoms in total. The van der Waals surface area contributed by atoms with E-state index in [0.29, 0.717) is 16.0 Å². The number of methoxy groups -OCH3 is 1. The number of nitrogens with two attached hydrogens (primary N) is 1. The molecule has 2 N–H and O–H groups in total. The van der Waals surface area contributed by atoms with Crippen LogP contribution < -0.4 is 16.0 Å². The number of thiophene rings is 1. The molecule has 0 fully saturated rings. The number of aryl methyl sites for hydroxylation is 1. The topological polar surface area (TPSA) is 87.2 Å². The molecule has 3 aromatic rings. The standard InChI is InChI=1S/C17H17N3O3S/c1-9(15(18)21)20-8-19-16-14(17(20)22)13(10(2)24-16)11-5-4-6-12(7-11)23-3/h4-9H,1-3H3,(H2,18,21). The highest BCUT2D eigenvalue weighted by molar-refractivity contribution is 7.19. The van der Waals surface area contributed by atoms with Gasteiger partial charge in [0.25, 0.3) is 5.56 Å². The second-order valence-corrected chi connectivity index (χ2v) is 6.68. The first-order valence-electron chi connectivity index (χ1n) is 7.38. The normalized spacial score (nSPS) is 12.3. The second-order valence-electron chi connectivity index (χ2n) is 5.48. The lowest BCUT2D eigenvalue weighted by Crippen LogP contribution is -2.32. The molecular weight excluding hydrogens is 326 g/mol. The summed E-state index contributed by atoms with van der Waals surface area (Å²) in [5.41, 5.74) is 6.76. The number of ether oxygens (including phenoxy) is 1. The maximum absolute atomic E-state index is 12.9. The van der Waals surface area contributed by atoms with Gasteiger partial charge in [0.2, 0.25) is 5.91 Å². The van der Waals surface area contributed by atoms with Crippen molar-refractivity contribution in [1.82, 2.24) is 9.55 Å². The van der Waals surface area contributed by atoms with Gasteiger partial charge in [0.1, 0.15) is 16.6 Å². The van der Waals surface area contributed by atoms with Crippen LogP contribution in [0.4, 0.5) is 0 Å². The molecule has 0 spiro atoms. The van der Waals surface area contributed by atoms with Gasteiger partial charge in [-0.15, -0.1) is 11.3 Å². The molecule has 1 amide bonds. The number of carbonyl (C=O) groups excluding carboxylic acids is 1. The summed E-state index contributed by atoms with van der Waals surface area (Å²) < 4.78 is 6.55. The monoisotopic (exact) mass is 343 g/mol. The van der Waals surface area contributed by atoms with Gasteiger partial charge in [0.15, 0.2) is 0 Å². The van der Waals surface area contributed by atoms with Crippen LogP contribution in [-0.2, 0) is 4.79 Å². The van der Waals surface area contributed by atoms with Crippen LogP contribution in [0.3, 0.4) is 0 Å². The molecule has 0 saturated heterocycles. The van der Waals surface area contributed by atoms with E-state index in [-0.39, 0.29) is 5.56 Å². The van der Waals surface area contributed by atoms with Gasteiger partial charge < -0.3 is 10.5 Å². The zero-order valence-corrected chi connectivity index (χ0v) is 14.4. The molecule has 124 valence electrons. The van der Waals surface area contributed by atoms with Crippen molar-refractivity contribution in [3.8, 4) is 16.9 Å². The molecule has 7 heteroatoms. The van der Waals surface area contributed by atoms with Crippen LogP contribution >= 0.6 is 11.3 Å². The van der Waals surface area contributed by atoms with Crippen LogP contribution in [0, 0.1) is 6.92 Å². The van der Waals surface area contributed by atoms with E-state index in [1.165, 1.54) is 22.2 Å². The molecule has 2 heterocycles. The molecule has 1 atom stereocenters. The maximum atomic E-state index is 12.9. The van der Waals surface area contributed by atoms with Gasteiger partial charge in [-0.1, -0.05) is 12.1 Å². The Morgan fingerprint density at radius 1 is 1.42 bits per heavy atom. The number of primary amides is 1. The van der Waals surface area contributed by atoms with Gasteiger partial charge in [-0.25, -0.2) is 4.98 Å². The molecule has 0 aliphatic rings. The highest BCUT2D eigenvalue weighted by Gasteiger charge is 2.20. The number of amides is 1. The molecule has 2 aromatic heterocycles. The predicted octanol–water partition coefficient (Wildman–Crippen LogP) is 2.49. The lowest BCUT2D eigenvalue weighted by atomic mass is 10.0. The summed E-state index contributed by atoms with van der Waals surface area (Å²) in [6, 6.07) is 6.76. The minimum atomic E-state index is -0.757. The number of carbonyl (C=O) groups is 1. The Labute approximate surface area is 142 Å². The van der Waals surface area contributed by atoms with E-state index < -0.39 is 11.9 Å². The summed E-state index contributed by atoms with van der Waals surface area (Å²) >= 11 is 1.45. The van der Waals surface area contributed by atoms with Crippen LogP contribution in [0.2, 0.25) is 0 Å². The number of aromatic nitrogens is 2. The summed E-state index contributed by atoms with van der Waals surface area (Å²) in [6.45, 7) is 3.53. The van der Waals surface area contributed by atoms with Gasteiger partial charge >= 0.3 is 0 Å². The zero-order chi connectivity index (χ0) is 17.4. The average molecular weight is 343 g/mol. The minimum Gasteiger partial charge on any atom is -0.497 e. The smallest absolute Gasteiger partial charge is 0.263 e. The van der Waals surface area contributed by atoms with Gasteiger partial charge in [0, 0.05) is 10.4 Å². The summed E-state index contributed by atoms with van der Waals surface area (Å²) in [5, 5.41) is 0.501. The van der Waals surface area contributed by atoms with E-state index in [2.05, 4.69) is 4.98 Å². The van der Waals surface area contributed by atoms with E-state index in [1.807, 2.05) is 31.2 Å². The van der Waals surface area contributed by atoms with Gasteiger partial charge in [-0.2, -0.15) is 0 Å². The third-order valence-corrected chi connectivity index (χ3v) is 5.01. The number of hydrogen-bond acceptors (Lipinski definition) is 5. The van der Waals surface area contributed by atoms with Crippen LogP contribution in [0.1, 0.15) is 17.8 Å². The molecule has 3 rings (SSSR count). The third-order valence-electron chi connectivity index (χ3n) is 4.00.